The van der Waals surface area contributed by atoms with Crippen molar-refractivity contribution in [2.75, 3.05) is 65.6 Å². The van der Waals surface area contributed by atoms with Gasteiger partial charge in [0.15, 0.2) is 0 Å². The molecule has 2 aliphatic rings. The van der Waals surface area contributed by atoms with E-state index < -0.39 is 6.10 Å². The topological polar surface area (TPSA) is 48.4 Å². The first-order valence-electron chi connectivity index (χ1n) is 10.6. The van der Waals surface area contributed by atoms with E-state index in [-0.39, 0.29) is 5.60 Å². The Hall–Kier alpha value is -1.18. The molecule has 1 atom stereocenters. The fraction of sp³-hybridized carbons (Fsp3) is 0.727. The summed E-state index contributed by atoms with van der Waals surface area (Å²) in [7, 11) is 0. The van der Waals surface area contributed by atoms with Gasteiger partial charge in [0.05, 0.1) is 12.2 Å². The van der Waals surface area contributed by atoms with Crippen LogP contribution in [0.25, 0.3) is 0 Å². The van der Waals surface area contributed by atoms with Gasteiger partial charge < -0.3 is 19.5 Å². The van der Waals surface area contributed by atoms with Gasteiger partial charge in [-0.1, -0.05) is 19.1 Å². The second-order valence-corrected chi connectivity index (χ2v) is 8.67. The smallest absolute Gasteiger partial charge is 0.119 e. The third kappa shape index (κ3) is 6.71. The number of rotatable bonds is 8. The molecule has 1 aromatic carbocycles. The third-order valence-corrected chi connectivity index (χ3v) is 5.63. The molecule has 0 aliphatic carbocycles. The van der Waals surface area contributed by atoms with Crippen LogP contribution in [0.5, 0.6) is 5.75 Å². The van der Waals surface area contributed by atoms with Crippen LogP contribution in [0.15, 0.2) is 24.3 Å². The molecule has 0 spiro atoms. The number of morpholine rings is 1. The van der Waals surface area contributed by atoms with E-state index in [0.717, 1.165) is 64.7 Å². The molecule has 2 aliphatic heterocycles. The van der Waals surface area contributed by atoms with Gasteiger partial charge in [0.1, 0.15) is 18.5 Å². The summed E-state index contributed by atoms with van der Waals surface area (Å²) in [5.74, 6) is 0.833. The van der Waals surface area contributed by atoms with Crippen LogP contribution in [0.3, 0.4) is 0 Å². The number of benzene rings is 1. The summed E-state index contributed by atoms with van der Waals surface area (Å²) in [6.07, 6.45) is -0.461. The normalized spacial score (nSPS) is 22.9. The molecule has 2 heterocycles. The van der Waals surface area contributed by atoms with Crippen molar-refractivity contribution in [3.8, 4) is 5.75 Å². The first-order chi connectivity index (χ1) is 13.4. The van der Waals surface area contributed by atoms with E-state index in [2.05, 4.69) is 47.6 Å². The van der Waals surface area contributed by atoms with E-state index in [1.54, 1.807) is 0 Å². The molecule has 1 N–H and O–H groups in total. The quantitative estimate of drug-likeness (QED) is 0.728. The second-order valence-electron chi connectivity index (χ2n) is 8.67. The standard InChI is InChI=1S/C22H37N3O3/c1-4-23-8-10-24(11-9-23)16-20(26)17-27-21-7-5-6-19(14-21)15-25-12-13-28-22(2,3)18-25/h5-7,14,20,26H,4,8-13,15-18H2,1-3H3/t20-/m0/s1. The SMILES string of the molecule is CCN1CCN(C[C@H](O)COc2cccc(CN3CCOC(C)(C)C3)c2)CC1. The van der Waals surface area contributed by atoms with Gasteiger partial charge in [0.25, 0.3) is 0 Å². The van der Waals surface area contributed by atoms with E-state index in [0.29, 0.717) is 13.2 Å². The zero-order chi connectivity index (χ0) is 20.0. The van der Waals surface area contributed by atoms with Crippen LogP contribution >= 0.6 is 0 Å². The second kappa shape index (κ2) is 10.0. The molecule has 0 radical (unpaired) electrons. The lowest BCUT2D eigenvalue weighted by molar-refractivity contribution is -0.0882. The maximum atomic E-state index is 10.4. The minimum absolute atomic E-state index is 0.0842. The zero-order valence-electron chi connectivity index (χ0n) is 17.8. The number of ether oxygens (including phenoxy) is 2. The maximum Gasteiger partial charge on any atom is 0.119 e. The number of hydrogen-bond donors (Lipinski definition) is 1. The van der Waals surface area contributed by atoms with Crippen LogP contribution in [0.1, 0.15) is 26.3 Å². The minimum atomic E-state index is -0.461. The Morgan fingerprint density at radius 1 is 1.11 bits per heavy atom. The molecule has 0 amide bonds. The number of aliphatic hydroxyl groups excluding tert-OH is 1. The lowest BCUT2D eigenvalue weighted by Crippen LogP contribution is -2.49. The lowest BCUT2D eigenvalue weighted by atomic mass is 10.1. The summed E-state index contributed by atoms with van der Waals surface area (Å²) in [5, 5.41) is 10.4. The van der Waals surface area contributed by atoms with E-state index in [4.69, 9.17) is 9.47 Å². The number of nitrogens with zero attached hydrogens (tertiary/aromatic N) is 3. The number of likely N-dealkylation sites (N-methyl/N-ethyl adjacent to an activating group) is 1. The molecule has 3 rings (SSSR count). The minimum Gasteiger partial charge on any atom is -0.491 e. The molecule has 0 aromatic heterocycles. The van der Waals surface area contributed by atoms with Gasteiger partial charge in [-0.25, -0.2) is 0 Å². The maximum absolute atomic E-state index is 10.4. The van der Waals surface area contributed by atoms with Crippen LogP contribution in [0, 0.1) is 0 Å². The number of β-amino-alcohol motifs (C(OH)–C–C–N with tert-alkyl or cyclic N) is 1. The summed E-state index contributed by atoms with van der Waals surface area (Å²) >= 11 is 0. The molecule has 0 unspecified atom stereocenters. The molecular formula is C22H37N3O3. The van der Waals surface area contributed by atoms with Crippen molar-refractivity contribution < 1.29 is 14.6 Å². The fourth-order valence-corrected chi connectivity index (χ4v) is 4.07. The number of piperazine rings is 1. The molecular weight excluding hydrogens is 354 g/mol. The average Bonchev–Trinajstić information content (AvgIpc) is 2.66. The van der Waals surface area contributed by atoms with Gasteiger partial charge in [-0.05, 0) is 38.1 Å². The van der Waals surface area contributed by atoms with Crippen molar-refractivity contribution in [2.24, 2.45) is 0 Å². The number of aliphatic hydroxyl groups is 1. The van der Waals surface area contributed by atoms with Gasteiger partial charge in [-0.3, -0.25) is 9.80 Å². The van der Waals surface area contributed by atoms with E-state index >= 15 is 0 Å². The van der Waals surface area contributed by atoms with Gasteiger partial charge in [-0.2, -0.15) is 0 Å². The first-order valence-corrected chi connectivity index (χ1v) is 10.6. The van der Waals surface area contributed by atoms with Gasteiger partial charge >= 0.3 is 0 Å². The van der Waals surface area contributed by atoms with Crippen molar-refractivity contribution in [2.45, 2.75) is 39.0 Å². The molecule has 2 saturated heterocycles. The molecule has 6 heteroatoms. The average molecular weight is 392 g/mol. The van der Waals surface area contributed by atoms with E-state index in [1.807, 2.05) is 12.1 Å². The summed E-state index contributed by atoms with van der Waals surface area (Å²) in [6, 6.07) is 8.24. The third-order valence-electron chi connectivity index (χ3n) is 5.63. The Morgan fingerprint density at radius 2 is 1.86 bits per heavy atom. The van der Waals surface area contributed by atoms with Crippen LogP contribution in [-0.4, -0.2) is 97.1 Å². The molecule has 0 bridgehead atoms. The Morgan fingerprint density at radius 3 is 2.57 bits per heavy atom. The Balaban J connectivity index is 1.43. The Labute approximate surface area is 170 Å². The highest BCUT2D eigenvalue weighted by atomic mass is 16.5. The van der Waals surface area contributed by atoms with Crippen LogP contribution < -0.4 is 4.74 Å². The van der Waals surface area contributed by atoms with E-state index in [9.17, 15) is 5.11 Å². The van der Waals surface area contributed by atoms with E-state index in [1.165, 1.54) is 5.56 Å². The summed E-state index contributed by atoms with van der Waals surface area (Å²) in [4.78, 5) is 7.20. The van der Waals surface area contributed by atoms with Gasteiger partial charge in [-0.15, -0.1) is 0 Å². The highest BCUT2D eigenvalue weighted by molar-refractivity contribution is 5.28. The molecule has 0 saturated carbocycles. The van der Waals surface area contributed by atoms with Gasteiger partial charge in [0.2, 0.25) is 0 Å². The predicted molar refractivity (Wildman–Crippen MR) is 112 cm³/mol. The summed E-state index contributed by atoms with van der Waals surface area (Å²) in [5.41, 5.74) is 1.15. The van der Waals surface area contributed by atoms with Crippen molar-refractivity contribution in [3.63, 3.8) is 0 Å². The van der Waals surface area contributed by atoms with Crippen LogP contribution in [-0.2, 0) is 11.3 Å². The van der Waals surface area contributed by atoms with Crippen molar-refractivity contribution in [1.82, 2.24) is 14.7 Å². The summed E-state index contributed by atoms with van der Waals surface area (Å²) < 4.78 is 11.7. The van der Waals surface area contributed by atoms with Crippen LogP contribution in [0.2, 0.25) is 0 Å². The highest BCUT2D eigenvalue weighted by Gasteiger charge is 2.27. The molecule has 28 heavy (non-hydrogen) atoms. The summed E-state index contributed by atoms with van der Waals surface area (Å²) in [6.45, 7) is 16.4. The van der Waals surface area contributed by atoms with Crippen molar-refractivity contribution in [1.29, 1.82) is 0 Å². The monoisotopic (exact) mass is 391 g/mol. The van der Waals surface area contributed by atoms with Crippen LogP contribution in [0.4, 0.5) is 0 Å². The largest absolute Gasteiger partial charge is 0.491 e. The van der Waals surface area contributed by atoms with Gasteiger partial charge in [0, 0.05) is 52.4 Å². The van der Waals surface area contributed by atoms with Crippen molar-refractivity contribution >= 4 is 0 Å². The Bertz CT molecular complexity index is 602. The molecule has 2 fully saturated rings. The molecule has 158 valence electrons. The fourth-order valence-electron chi connectivity index (χ4n) is 4.07. The predicted octanol–water partition coefficient (Wildman–Crippen LogP) is 1.67. The number of hydrogen-bond acceptors (Lipinski definition) is 6. The molecule has 1 aromatic rings. The lowest BCUT2D eigenvalue weighted by Gasteiger charge is -2.38. The molecule has 6 nitrogen and oxygen atoms in total. The Kier molecular flexibility index (Phi) is 7.71. The highest BCUT2D eigenvalue weighted by Crippen LogP contribution is 2.20. The van der Waals surface area contributed by atoms with Crippen molar-refractivity contribution in [3.05, 3.63) is 29.8 Å². The zero-order valence-corrected chi connectivity index (χ0v) is 17.8. The first kappa shape index (κ1) is 21.5.